The van der Waals surface area contributed by atoms with Gasteiger partial charge in [0, 0.05) is 3.57 Å². The minimum absolute atomic E-state index is 0.166. The molecular formula is C13H14FIO2. The predicted octanol–water partition coefficient (Wildman–Crippen LogP) is 3.81. The van der Waals surface area contributed by atoms with E-state index in [0.29, 0.717) is 5.56 Å². The summed E-state index contributed by atoms with van der Waals surface area (Å²) < 4.78 is 19.8. The van der Waals surface area contributed by atoms with Crippen LogP contribution in [0.25, 0.3) is 0 Å². The summed E-state index contributed by atoms with van der Waals surface area (Å²) in [4.78, 5) is 11.5. The summed E-state index contributed by atoms with van der Waals surface area (Å²) in [5.74, 6) is -0.689. The smallest absolute Gasteiger partial charge is 0.336 e. The molecule has 0 saturated carbocycles. The highest BCUT2D eigenvalue weighted by atomic mass is 127. The zero-order valence-electron chi connectivity index (χ0n) is 9.74. The molecule has 0 saturated heterocycles. The number of rotatable bonds is 4. The fraction of sp³-hybridized carbons (Fsp3) is 0.308. The van der Waals surface area contributed by atoms with E-state index >= 15 is 0 Å². The van der Waals surface area contributed by atoms with E-state index in [-0.39, 0.29) is 11.7 Å². The molecule has 0 aliphatic carbocycles. The van der Waals surface area contributed by atoms with Gasteiger partial charge in [-0.15, -0.1) is 0 Å². The third-order valence-corrected chi connectivity index (χ3v) is 2.72. The Labute approximate surface area is 114 Å². The molecule has 1 aromatic rings. The Morgan fingerprint density at radius 1 is 1.47 bits per heavy atom. The summed E-state index contributed by atoms with van der Waals surface area (Å²) in [6.45, 7) is 6.89. The van der Waals surface area contributed by atoms with E-state index in [0.717, 1.165) is 3.57 Å². The van der Waals surface area contributed by atoms with Gasteiger partial charge in [0.2, 0.25) is 0 Å². The van der Waals surface area contributed by atoms with Gasteiger partial charge in [0.1, 0.15) is 0 Å². The topological polar surface area (TPSA) is 26.3 Å². The highest BCUT2D eigenvalue weighted by Crippen LogP contribution is 2.26. The molecule has 0 bridgehead atoms. The molecule has 0 amide bonds. The Balaban J connectivity index is 2.79. The molecule has 0 spiro atoms. The maximum atomic E-state index is 14.0. The molecule has 0 fully saturated rings. The molecule has 1 unspecified atom stereocenters. The fourth-order valence-corrected chi connectivity index (χ4v) is 1.83. The van der Waals surface area contributed by atoms with E-state index in [2.05, 4.69) is 29.2 Å². The number of carbonyl (C=O) groups is 1. The summed E-state index contributed by atoms with van der Waals surface area (Å²) >= 11 is 2.09. The van der Waals surface area contributed by atoms with Crippen LogP contribution in [0, 0.1) is 3.57 Å². The summed E-state index contributed by atoms with van der Waals surface area (Å²) in [6.07, 6.45) is -1.79. The van der Waals surface area contributed by atoms with Gasteiger partial charge in [0.15, 0.2) is 6.17 Å². The monoisotopic (exact) mass is 348 g/mol. The van der Waals surface area contributed by atoms with Crippen molar-refractivity contribution in [3.8, 4) is 0 Å². The van der Waals surface area contributed by atoms with Crippen LogP contribution in [-0.4, -0.2) is 12.1 Å². The minimum Gasteiger partial charge on any atom is -0.460 e. The van der Waals surface area contributed by atoms with Crippen molar-refractivity contribution >= 4 is 28.6 Å². The van der Waals surface area contributed by atoms with E-state index in [4.69, 9.17) is 4.74 Å². The van der Waals surface area contributed by atoms with Gasteiger partial charge in [-0.05, 0) is 54.1 Å². The van der Waals surface area contributed by atoms with Crippen molar-refractivity contribution in [2.24, 2.45) is 0 Å². The Bertz CT molecular complexity index is 429. The lowest BCUT2D eigenvalue weighted by Gasteiger charge is -2.13. The van der Waals surface area contributed by atoms with Crippen LogP contribution >= 0.6 is 22.6 Å². The Kier molecular flexibility index (Phi) is 5.11. The third-order valence-electron chi connectivity index (χ3n) is 2.05. The lowest BCUT2D eigenvalue weighted by atomic mass is 10.0. The van der Waals surface area contributed by atoms with E-state index < -0.39 is 12.1 Å². The number of benzene rings is 1. The standard InChI is InChI=1S/C13H14FIO2/c1-8(2)17-13(16)9(3)12(14)10-5-4-6-11(15)7-10/h4-8,12H,3H2,1-2H3. The van der Waals surface area contributed by atoms with Crippen LogP contribution in [0.5, 0.6) is 0 Å². The highest BCUT2D eigenvalue weighted by molar-refractivity contribution is 14.1. The number of hydrogen-bond acceptors (Lipinski definition) is 2. The number of halogens is 2. The van der Waals surface area contributed by atoms with Crippen LogP contribution in [-0.2, 0) is 9.53 Å². The van der Waals surface area contributed by atoms with E-state index in [1.165, 1.54) is 0 Å². The fourth-order valence-electron chi connectivity index (χ4n) is 1.26. The number of ether oxygens (including phenoxy) is 1. The van der Waals surface area contributed by atoms with Crippen molar-refractivity contribution in [3.05, 3.63) is 45.6 Å². The maximum Gasteiger partial charge on any atom is 0.336 e. The SMILES string of the molecule is C=C(C(=O)OC(C)C)C(F)c1cccc(I)c1. The van der Waals surface area contributed by atoms with Gasteiger partial charge in [0.25, 0.3) is 0 Å². The summed E-state index contributed by atoms with van der Waals surface area (Å²) in [6, 6.07) is 6.90. The number of carbonyl (C=O) groups excluding carboxylic acids is 1. The average Bonchev–Trinajstić information content (AvgIpc) is 2.26. The minimum atomic E-state index is -1.52. The van der Waals surface area contributed by atoms with E-state index in [1.54, 1.807) is 32.0 Å². The molecule has 0 radical (unpaired) electrons. The molecule has 0 heterocycles. The van der Waals surface area contributed by atoms with Crippen molar-refractivity contribution in [2.75, 3.05) is 0 Å². The second-order valence-corrected chi connectivity index (χ2v) is 5.14. The van der Waals surface area contributed by atoms with Gasteiger partial charge in [0.05, 0.1) is 11.7 Å². The van der Waals surface area contributed by atoms with Crippen LogP contribution in [0.4, 0.5) is 4.39 Å². The summed E-state index contributed by atoms with van der Waals surface area (Å²) in [5.41, 5.74) is 0.253. The molecule has 1 atom stereocenters. The Morgan fingerprint density at radius 2 is 2.12 bits per heavy atom. The van der Waals surface area contributed by atoms with Crippen molar-refractivity contribution in [1.29, 1.82) is 0 Å². The van der Waals surface area contributed by atoms with Crippen LogP contribution in [0.1, 0.15) is 25.6 Å². The molecule has 92 valence electrons. The lowest BCUT2D eigenvalue weighted by molar-refractivity contribution is -0.143. The summed E-state index contributed by atoms with van der Waals surface area (Å²) in [5, 5.41) is 0. The summed E-state index contributed by atoms with van der Waals surface area (Å²) in [7, 11) is 0. The van der Waals surface area contributed by atoms with Gasteiger partial charge in [-0.25, -0.2) is 9.18 Å². The number of esters is 1. The molecule has 4 heteroatoms. The average molecular weight is 348 g/mol. The lowest BCUT2D eigenvalue weighted by Crippen LogP contribution is -2.16. The van der Waals surface area contributed by atoms with Crippen molar-refractivity contribution in [3.63, 3.8) is 0 Å². The molecule has 0 aliphatic heterocycles. The van der Waals surface area contributed by atoms with Crippen LogP contribution in [0.3, 0.4) is 0 Å². The molecule has 2 nitrogen and oxygen atoms in total. The van der Waals surface area contributed by atoms with Crippen molar-refractivity contribution in [2.45, 2.75) is 26.1 Å². The van der Waals surface area contributed by atoms with Gasteiger partial charge in [-0.3, -0.25) is 0 Å². The molecule has 1 aromatic carbocycles. The number of hydrogen-bond donors (Lipinski definition) is 0. The quantitative estimate of drug-likeness (QED) is 0.470. The second kappa shape index (κ2) is 6.14. The predicted molar refractivity (Wildman–Crippen MR) is 73.4 cm³/mol. The van der Waals surface area contributed by atoms with Crippen LogP contribution in [0.2, 0.25) is 0 Å². The van der Waals surface area contributed by atoms with E-state index in [1.807, 2.05) is 6.07 Å². The second-order valence-electron chi connectivity index (χ2n) is 3.90. The maximum absolute atomic E-state index is 14.0. The first-order chi connectivity index (χ1) is 7.91. The zero-order valence-corrected chi connectivity index (χ0v) is 11.9. The zero-order chi connectivity index (χ0) is 13.0. The molecule has 1 rings (SSSR count). The van der Waals surface area contributed by atoms with Crippen LogP contribution in [0.15, 0.2) is 36.4 Å². The molecule has 0 N–H and O–H groups in total. The first-order valence-corrected chi connectivity index (χ1v) is 6.29. The van der Waals surface area contributed by atoms with E-state index in [9.17, 15) is 9.18 Å². The van der Waals surface area contributed by atoms with Gasteiger partial charge >= 0.3 is 5.97 Å². The molecular weight excluding hydrogens is 334 g/mol. The normalized spacial score (nSPS) is 12.3. The third kappa shape index (κ3) is 4.11. The molecule has 17 heavy (non-hydrogen) atoms. The van der Waals surface area contributed by atoms with Gasteiger partial charge in [-0.1, -0.05) is 18.7 Å². The molecule has 0 aromatic heterocycles. The number of alkyl halides is 1. The Morgan fingerprint density at radius 3 is 2.65 bits per heavy atom. The Hall–Kier alpha value is -0.910. The van der Waals surface area contributed by atoms with Crippen molar-refractivity contribution < 1.29 is 13.9 Å². The highest BCUT2D eigenvalue weighted by Gasteiger charge is 2.22. The first-order valence-electron chi connectivity index (χ1n) is 5.21. The van der Waals surface area contributed by atoms with Gasteiger partial charge < -0.3 is 4.74 Å². The largest absolute Gasteiger partial charge is 0.460 e. The van der Waals surface area contributed by atoms with Crippen LogP contribution < -0.4 is 0 Å². The first kappa shape index (κ1) is 14.2. The van der Waals surface area contributed by atoms with Gasteiger partial charge in [-0.2, -0.15) is 0 Å². The molecule has 0 aliphatic rings. The van der Waals surface area contributed by atoms with Crippen molar-refractivity contribution in [1.82, 2.24) is 0 Å².